The van der Waals surface area contributed by atoms with Crippen molar-refractivity contribution in [2.45, 2.75) is 6.92 Å². The molecule has 0 saturated carbocycles. The summed E-state index contributed by atoms with van der Waals surface area (Å²) in [7, 11) is 1.67. The number of ether oxygens (including phenoxy) is 1. The van der Waals surface area contributed by atoms with Crippen molar-refractivity contribution in [1.29, 1.82) is 0 Å². The van der Waals surface area contributed by atoms with E-state index in [1.807, 2.05) is 49.5 Å². The van der Waals surface area contributed by atoms with Crippen molar-refractivity contribution in [2.75, 3.05) is 7.11 Å². The Hall–Kier alpha value is -2.20. The third kappa shape index (κ3) is 2.42. The summed E-state index contributed by atoms with van der Waals surface area (Å²) >= 11 is 1.65. The normalized spacial score (nSPS) is 10.5. The third-order valence-electron chi connectivity index (χ3n) is 3.06. The van der Waals surface area contributed by atoms with Crippen LogP contribution in [-0.2, 0) is 0 Å². The molecule has 0 atom stereocenters. The first-order valence-electron chi connectivity index (χ1n) is 6.30. The molecule has 2 aromatic heterocycles. The lowest BCUT2D eigenvalue weighted by atomic mass is 10.1. The summed E-state index contributed by atoms with van der Waals surface area (Å²) < 4.78 is 5.37. The van der Waals surface area contributed by atoms with Crippen LogP contribution >= 0.6 is 11.3 Å². The monoisotopic (exact) mass is 282 g/mol. The number of aromatic nitrogens is 2. The van der Waals surface area contributed by atoms with Crippen molar-refractivity contribution < 1.29 is 4.74 Å². The first kappa shape index (κ1) is 12.8. The maximum absolute atomic E-state index is 5.37. The van der Waals surface area contributed by atoms with Gasteiger partial charge >= 0.3 is 0 Å². The number of nitrogens with zero attached hydrogens (tertiary/aromatic N) is 2. The van der Waals surface area contributed by atoms with Gasteiger partial charge in [0.1, 0.15) is 5.75 Å². The van der Waals surface area contributed by atoms with Gasteiger partial charge in [-0.1, -0.05) is 12.1 Å². The van der Waals surface area contributed by atoms with E-state index in [4.69, 9.17) is 4.74 Å². The SMILES string of the molecule is COc1ccccc1-c1ccc(-c2csc(C)n2)cn1. The third-order valence-corrected chi connectivity index (χ3v) is 3.83. The molecule has 0 bridgehead atoms. The first-order chi connectivity index (χ1) is 9.78. The molecule has 0 amide bonds. The predicted octanol–water partition coefficient (Wildman–Crippen LogP) is 4.19. The maximum Gasteiger partial charge on any atom is 0.128 e. The number of aryl methyl sites for hydroxylation is 1. The van der Waals surface area contributed by atoms with Crippen LogP contribution in [0.3, 0.4) is 0 Å². The largest absolute Gasteiger partial charge is 0.496 e. The summed E-state index contributed by atoms with van der Waals surface area (Å²) in [4.78, 5) is 9.00. The number of hydrogen-bond donors (Lipinski definition) is 0. The van der Waals surface area contributed by atoms with Crippen LogP contribution in [0.4, 0.5) is 0 Å². The molecule has 4 heteroatoms. The van der Waals surface area contributed by atoms with Crippen molar-refractivity contribution in [3.8, 4) is 28.3 Å². The number of rotatable bonds is 3. The molecule has 0 aliphatic rings. The molecule has 0 saturated heterocycles. The average Bonchev–Trinajstić information content (AvgIpc) is 2.94. The molecule has 3 nitrogen and oxygen atoms in total. The molecule has 0 N–H and O–H groups in total. The number of benzene rings is 1. The summed E-state index contributed by atoms with van der Waals surface area (Å²) in [6.45, 7) is 2.00. The minimum atomic E-state index is 0.831. The molecular weight excluding hydrogens is 268 g/mol. The van der Waals surface area contributed by atoms with Crippen molar-refractivity contribution in [1.82, 2.24) is 9.97 Å². The van der Waals surface area contributed by atoms with Gasteiger partial charge in [-0.15, -0.1) is 11.3 Å². The zero-order valence-corrected chi connectivity index (χ0v) is 12.1. The second-order valence-corrected chi connectivity index (χ2v) is 5.45. The van der Waals surface area contributed by atoms with Crippen LogP contribution in [0.2, 0.25) is 0 Å². The standard InChI is InChI=1S/C16H14N2OS/c1-11-18-15(10-20-11)12-7-8-14(17-9-12)13-5-3-4-6-16(13)19-2/h3-10H,1-2H3. The molecular formula is C16H14N2OS. The average molecular weight is 282 g/mol. The number of hydrogen-bond acceptors (Lipinski definition) is 4. The molecule has 0 radical (unpaired) electrons. The summed E-state index contributed by atoms with van der Waals surface area (Å²) in [6, 6.07) is 11.9. The summed E-state index contributed by atoms with van der Waals surface area (Å²) in [5.74, 6) is 0.831. The Morgan fingerprint density at radius 3 is 2.55 bits per heavy atom. The van der Waals surface area contributed by atoms with Gasteiger partial charge in [-0.3, -0.25) is 4.98 Å². The van der Waals surface area contributed by atoms with Crippen LogP contribution in [0, 0.1) is 6.92 Å². The molecule has 0 unspecified atom stereocenters. The van der Waals surface area contributed by atoms with Crippen LogP contribution < -0.4 is 4.74 Å². The highest BCUT2D eigenvalue weighted by Gasteiger charge is 2.07. The zero-order valence-electron chi connectivity index (χ0n) is 11.3. The molecule has 0 fully saturated rings. The summed E-state index contributed by atoms with van der Waals surface area (Å²) in [6.07, 6.45) is 1.86. The fraction of sp³-hybridized carbons (Fsp3) is 0.125. The lowest BCUT2D eigenvalue weighted by molar-refractivity contribution is 0.416. The number of thiazole rings is 1. The molecule has 100 valence electrons. The first-order valence-corrected chi connectivity index (χ1v) is 7.18. The highest BCUT2D eigenvalue weighted by molar-refractivity contribution is 7.09. The van der Waals surface area contributed by atoms with E-state index in [9.17, 15) is 0 Å². The van der Waals surface area contributed by atoms with Crippen molar-refractivity contribution in [3.05, 3.63) is 53.0 Å². The summed E-state index contributed by atoms with van der Waals surface area (Å²) in [5, 5.41) is 3.11. The molecule has 3 aromatic rings. The van der Waals surface area contributed by atoms with E-state index in [0.717, 1.165) is 33.3 Å². The lowest BCUT2D eigenvalue weighted by Gasteiger charge is -2.07. The van der Waals surface area contributed by atoms with Gasteiger partial charge in [0.15, 0.2) is 0 Å². The van der Waals surface area contributed by atoms with E-state index < -0.39 is 0 Å². The highest BCUT2D eigenvalue weighted by Crippen LogP contribution is 2.29. The van der Waals surface area contributed by atoms with Gasteiger partial charge in [0.2, 0.25) is 0 Å². The minimum absolute atomic E-state index is 0.831. The van der Waals surface area contributed by atoms with Gasteiger partial charge in [-0.25, -0.2) is 4.98 Å². The zero-order chi connectivity index (χ0) is 13.9. The quantitative estimate of drug-likeness (QED) is 0.722. The Morgan fingerprint density at radius 1 is 1.05 bits per heavy atom. The molecule has 20 heavy (non-hydrogen) atoms. The fourth-order valence-electron chi connectivity index (χ4n) is 2.06. The van der Waals surface area contributed by atoms with Gasteiger partial charge in [-0.2, -0.15) is 0 Å². The van der Waals surface area contributed by atoms with Gasteiger partial charge < -0.3 is 4.74 Å². The Bertz CT molecular complexity index is 719. The lowest BCUT2D eigenvalue weighted by Crippen LogP contribution is -1.90. The van der Waals surface area contributed by atoms with E-state index in [1.54, 1.807) is 18.4 Å². The molecule has 3 rings (SSSR count). The molecule has 0 aliphatic heterocycles. The fourth-order valence-corrected chi connectivity index (χ4v) is 2.68. The van der Waals surface area contributed by atoms with Crippen LogP contribution in [0.5, 0.6) is 5.75 Å². The summed E-state index contributed by atoms with van der Waals surface area (Å²) in [5.41, 5.74) is 3.91. The van der Waals surface area contributed by atoms with Gasteiger partial charge in [0, 0.05) is 22.7 Å². The molecule has 2 heterocycles. The molecule has 0 aliphatic carbocycles. The van der Waals surface area contributed by atoms with Gasteiger partial charge in [0.25, 0.3) is 0 Å². The number of methoxy groups -OCH3 is 1. The smallest absolute Gasteiger partial charge is 0.128 e. The molecule has 1 aromatic carbocycles. The van der Waals surface area contributed by atoms with E-state index in [1.165, 1.54) is 0 Å². The Kier molecular flexibility index (Phi) is 3.48. The van der Waals surface area contributed by atoms with Crippen LogP contribution in [0.15, 0.2) is 48.0 Å². The Labute approximate surface area is 121 Å². The predicted molar refractivity (Wildman–Crippen MR) is 82.1 cm³/mol. The van der Waals surface area contributed by atoms with E-state index in [-0.39, 0.29) is 0 Å². The van der Waals surface area contributed by atoms with E-state index in [0.29, 0.717) is 0 Å². The van der Waals surface area contributed by atoms with Crippen LogP contribution in [0.1, 0.15) is 5.01 Å². The maximum atomic E-state index is 5.37. The van der Waals surface area contributed by atoms with E-state index in [2.05, 4.69) is 15.3 Å². The topological polar surface area (TPSA) is 35.0 Å². The second kappa shape index (κ2) is 5.43. The van der Waals surface area contributed by atoms with E-state index >= 15 is 0 Å². The molecule has 0 spiro atoms. The van der Waals surface area contributed by atoms with Gasteiger partial charge in [-0.05, 0) is 31.2 Å². The van der Waals surface area contributed by atoms with Crippen molar-refractivity contribution >= 4 is 11.3 Å². The van der Waals surface area contributed by atoms with Crippen LogP contribution in [0.25, 0.3) is 22.5 Å². The van der Waals surface area contributed by atoms with Crippen molar-refractivity contribution in [3.63, 3.8) is 0 Å². The Morgan fingerprint density at radius 2 is 1.90 bits per heavy atom. The number of pyridine rings is 1. The van der Waals surface area contributed by atoms with Crippen molar-refractivity contribution in [2.24, 2.45) is 0 Å². The second-order valence-electron chi connectivity index (χ2n) is 4.38. The number of para-hydroxylation sites is 1. The minimum Gasteiger partial charge on any atom is -0.496 e. The van der Waals surface area contributed by atoms with Crippen LogP contribution in [-0.4, -0.2) is 17.1 Å². The Balaban J connectivity index is 1.97. The van der Waals surface area contributed by atoms with Gasteiger partial charge in [0.05, 0.1) is 23.5 Å². The highest BCUT2D eigenvalue weighted by atomic mass is 32.1.